The molecule has 3 amide bonds. The van der Waals surface area contributed by atoms with Crippen LogP contribution in [0, 0.1) is 5.92 Å². The van der Waals surface area contributed by atoms with Crippen LogP contribution in [0.1, 0.15) is 45.1 Å². The molecule has 0 bridgehead atoms. The second kappa shape index (κ2) is 16.0. The lowest BCUT2D eigenvalue weighted by atomic mass is 9.96. The first kappa shape index (κ1) is 33.5. The van der Waals surface area contributed by atoms with Crippen LogP contribution < -0.4 is 33.2 Å². The van der Waals surface area contributed by atoms with Gasteiger partial charge in [-0.1, -0.05) is 38.5 Å². The summed E-state index contributed by atoms with van der Waals surface area (Å²) >= 11 is 0. The smallest absolute Gasteiger partial charge is 0.326 e. The number of benzene rings is 1. The Bertz CT molecular complexity index is 1290. The number of aliphatic carboxylic acids is 2. The van der Waals surface area contributed by atoms with Crippen molar-refractivity contribution >= 4 is 46.5 Å². The Kier molecular flexibility index (Phi) is 12.7. The molecule has 12 N–H and O–H groups in total. The van der Waals surface area contributed by atoms with E-state index in [1.807, 2.05) is 24.3 Å². The number of hydrogen-bond donors (Lipinski definition) is 9. The van der Waals surface area contributed by atoms with E-state index in [1.54, 1.807) is 20.0 Å². The number of amides is 3. The summed E-state index contributed by atoms with van der Waals surface area (Å²) in [7, 11) is 0. The van der Waals surface area contributed by atoms with Crippen LogP contribution in [0.2, 0.25) is 0 Å². The predicted octanol–water partition coefficient (Wildman–Crippen LogP) is -0.849. The van der Waals surface area contributed by atoms with Crippen LogP contribution in [0.15, 0.2) is 35.5 Å². The van der Waals surface area contributed by atoms with E-state index >= 15 is 0 Å². The number of aliphatic imine (C=N–C) groups is 1. The van der Waals surface area contributed by atoms with Gasteiger partial charge in [-0.15, -0.1) is 0 Å². The van der Waals surface area contributed by atoms with Crippen molar-refractivity contribution in [3.05, 3.63) is 36.0 Å². The van der Waals surface area contributed by atoms with E-state index in [2.05, 4.69) is 25.9 Å². The van der Waals surface area contributed by atoms with Crippen molar-refractivity contribution < 1.29 is 34.2 Å². The first-order valence-corrected chi connectivity index (χ1v) is 13.6. The van der Waals surface area contributed by atoms with Gasteiger partial charge in [0.1, 0.15) is 18.1 Å². The first-order valence-electron chi connectivity index (χ1n) is 13.6. The molecule has 0 aliphatic heterocycles. The second-order valence-corrected chi connectivity index (χ2v) is 10.0. The Morgan fingerprint density at radius 1 is 0.976 bits per heavy atom. The zero-order valence-corrected chi connectivity index (χ0v) is 23.6. The maximum absolute atomic E-state index is 13.3. The van der Waals surface area contributed by atoms with E-state index in [-0.39, 0.29) is 25.3 Å². The van der Waals surface area contributed by atoms with Crippen molar-refractivity contribution in [2.75, 3.05) is 6.54 Å². The molecule has 0 saturated heterocycles. The van der Waals surface area contributed by atoms with E-state index < -0.39 is 66.2 Å². The minimum atomic E-state index is -1.54. The molecule has 0 spiro atoms. The summed E-state index contributed by atoms with van der Waals surface area (Å²) in [6, 6.07) is 2.18. The van der Waals surface area contributed by atoms with Gasteiger partial charge in [-0.3, -0.25) is 24.2 Å². The number of H-pyrrole nitrogens is 1. The molecule has 0 aliphatic carbocycles. The maximum Gasteiger partial charge on any atom is 0.326 e. The number of carboxylic acids is 2. The molecule has 0 aliphatic rings. The Hall–Kier alpha value is -4.66. The highest BCUT2D eigenvalue weighted by Gasteiger charge is 2.33. The van der Waals surface area contributed by atoms with Crippen LogP contribution >= 0.6 is 0 Å². The topological polar surface area (TPSA) is 268 Å². The predicted molar refractivity (Wildman–Crippen MR) is 155 cm³/mol. The van der Waals surface area contributed by atoms with Gasteiger partial charge in [-0.25, -0.2) is 4.79 Å². The maximum atomic E-state index is 13.3. The number of para-hydroxylation sites is 1. The molecule has 0 saturated carbocycles. The van der Waals surface area contributed by atoms with Crippen LogP contribution in [0.5, 0.6) is 0 Å². The average Bonchev–Trinajstić information content (AvgIpc) is 3.34. The third kappa shape index (κ3) is 10.1. The monoisotopic (exact) mass is 588 g/mol. The molecule has 1 aromatic heterocycles. The van der Waals surface area contributed by atoms with Crippen molar-refractivity contribution in [3.63, 3.8) is 0 Å². The minimum Gasteiger partial charge on any atom is -0.481 e. The summed E-state index contributed by atoms with van der Waals surface area (Å²) in [6.45, 7) is 3.68. The van der Waals surface area contributed by atoms with E-state index in [0.29, 0.717) is 18.4 Å². The Morgan fingerprint density at radius 2 is 1.64 bits per heavy atom. The number of carbonyl (C=O) groups excluding carboxylic acids is 3. The summed E-state index contributed by atoms with van der Waals surface area (Å²) in [5.74, 6) is -5.67. The quantitative estimate of drug-likeness (QED) is 0.0627. The molecular formula is C27H40N8O7. The Morgan fingerprint density at radius 3 is 2.26 bits per heavy atom. The number of nitrogens with one attached hydrogen (secondary N) is 4. The fourth-order valence-corrected chi connectivity index (χ4v) is 4.25. The van der Waals surface area contributed by atoms with Gasteiger partial charge >= 0.3 is 11.9 Å². The number of guanidine groups is 1. The normalized spacial score (nSPS) is 14.5. The third-order valence-corrected chi connectivity index (χ3v) is 6.82. The SMILES string of the molecule is CCC(C)C(NC(=O)C(CC(=O)O)NC(=O)C(N)CCCN=C(N)N)C(=O)NC(Cc1c[nH]c2ccccc12)C(=O)O. The van der Waals surface area contributed by atoms with Gasteiger partial charge in [-0.05, 0) is 30.4 Å². The van der Waals surface area contributed by atoms with Crippen LogP contribution in [0.4, 0.5) is 0 Å². The van der Waals surface area contributed by atoms with Gasteiger partial charge in [0.15, 0.2) is 5.96 Å². The molecule has 0 radical (unpaired) electrons. The van der Waals surface area contributed by atoms with E-state index in [4.69, 9.17) is 17.2 Å². The van der Waals surface area contributed by atoms with E-state index in [1.165, 1.54) is 0 Å². The standard InChI is InChI=1S/C27H40N8O7/c1-3-14(2)22(25(40)34-20(26(41)42)11-15-13-32-18-9-5-4-7-16(15)18)35-24(39)19(12-21(36)37)33-23(38)17(28)8-6-10-31-27(29)30/h4-5,7,9,13-14,17,19-20,22,32H,3,6,8,10-12,28H2,1-2H3,(H,33,38)(H,34,40)(H,35,39)(H,36,37)(H,41,42)(H4,29,30,31). The molecule has 2 aromatic rings. The van der Waals surface area contributed by atoms with Gasteiger partial charge in [0.2, 0.25) is 17.7 Å². The van der Waals surface area contributed by atoms with Crippen molar-refractivity contribution in [1.82, 2.24) is 20.9 Å². The van der Waals surface area contributed by atoms with E-state index in [9.17, 15) is 34.2 Å². The van der Waals surface area contributed by atoms with Gasteiger partial charge in [0, 0.05) is 30.1 Å². The molecule has 0 fully saturated rings. The summed E-state index contributed by atoms with van der Waals surface area (Å²) < 4.78 is 0. The zero-order chi connectivity index (χ0) is 31.4. The lowest BCUT2D eigenvalue weighted by Gasteiger charge is -2.27. The van der Waals surface area contributed by atoms with Crippen molar-refractivity contribution in [2.45, 2.75) is 70.1 Å². The molecule has 230 valence electrons. The fourth-order valence-electron chi connectivity index (χ4n) is 4.25. The van der Waals surface area contributed by atoms with Crippen molar-refractivity contribution in [1.29, 1.82) is 0 Å². The highest BCUT2D eigenvalue weighted by atomic mass is 16.4. The van der Waals surface area contributed by atoms with Gasteiger partial charge in [0.05, 0.1) is 12.5 Å². The fraction of sp³-hybridized carbons (Fsp3) is 0.481. The lowest BCUT2D eigenvalue weighted by molar-refractivity contribution is -0.143. The molecular weight excluding hydrogens is 548 g/mol. The number of aromatic amines is 1. The highest BCUT2D eigenvalue weighted by Crippen LogP contribution is 2.19. The Labute approximate surface area is 242 Å². The number of fused-ring (bicyclic) bond motifs is 1. The number of hydrogen-bond acceptors (Lipinski definition) is 7. The molecule has 5 unspecified atom stereocenters. The number of aromatic nitrogens is 1. The molecule has 15 nitrogen and oxygen atoms in total. The summed E-state index contributed by atoms with van der Waals surface area (Å²) in [4.78, 5) is 69.4. The van der Waals surface area contributed by atoms with Gasteiger partial charge in [-0.2, -0.15) is 0 Å². The van der Waals surface area contributed by atoms with Gasteiger partial charge < -0.3 is 48.3 Å². The van der Waals surface area contributed by atoms with Crippen molar-refractivity contribution in [2.24, 2.45) is 28.1 Å². The first-order chi connectivity index (χ1) is 19.8. The number of rotatable bonds is 17. The van der Waals surface area contributed by atoms with Crippen molar-refractivity contribution in [3.8, 4) is 0 Å². The molecule has 2 rings (SSSR count). The van der Waals surface area contributed by atoms with Crippen LogP contribution in [-0.2, 0) is 30.4 Å². The largest absolute Gasteiger partial charge is 0.481 e. The second-order valence-electron chi connectivity index (χ2n) is 10.0. The lowest BCUT2D eigenvalue weighted by Crippen LogP contribution is -2.59. The molecule has 42 heavy (non-hydrogen) atoms. The third-order valence-electron chi connectivity index (χ3n) is 6.82. The minimum absolute atomic E-state index is 0.0228. The highest BCUT2D eigenvalue weighted by molar-refractivity contribution is 5.96. The molecule has 15 heteroatoms. The van der Waals surface area contributed by atoms with E-state index in [0.717, 1.165) is 10.9 Å². The summed E-state index contributed by atoms with van der Waals surface area (Å²) in [5.41, 5.74) is 17.9. The van der Waals surface area contributed by atoms with Crippen LogP contribution in [0.25, 0.3) is 10.9 Å². The molecule has 5 atom stereocenters. The number of nitrogens with zero attached hydrogens (tertiary/aromatic N) is 1. The molecule has 1 heterocycles. The number of carbonyl (C=O) groups is 5. The van der Waals surface area contributed by atoms with Crippen LogP contribution in [0.3, 0.4) is 0 Å². The summed E-state index contributed by atoms with van der Waals surface area (Å²) in [5, 5.41) is 27.3. The average molecular weight is 589 g/mol. The Balaban J connectivity index is 2.14. The molecule has 1 aromatic carbocycles. The van der Waals surface area contributed by atoms with Gasteiger partial charge in [0.25, 0.3) is 0 Å². The number of carboxylic acid groups (broad SMARTS) is 2. The van der Waals surface area contributed by atoms with Crippen LogP contribution in [-0.4, -0.2) is 81.5 Å². The number of nitrogens with two attached hydrogens (primary N) is 3. The zero-order valence-electron chi connectivity index (χ0n) is 23.6. The summed E-state index contributed by atoms with van der Waals surface area (Å²) in [6.07, 6.45) is 1.83.